The highest BCUT2D eigenvalue weighted by Crippen LogP contribution is 2.17. The zero-order valence-electron chi connectivity index (χ0n) is 11.9. The van der Waals surface area contributed by atoms with E-state index in [1.165, 1.54) is 11.1 Å². The summed E-state index contributed by atoms with van der Waals surface area (Å²) in [7, 11) is 0. The SMILES string of the molecule is Cc1ccc(C(C)NCc2cc(C)c(C(=O)O)o2)cc1. The normalized spacial score (nSPS) is 12.3. The molecule has 1 aromatic carbocycles. The van der Waals surface area contributed by atoms with E-state index in [4.69, 9.17) is 9.52 Å². The number of hydrogen-bond donors (Lipinski definition) is 2. The van der Waals surface area contributed by atoms with Gasteiger partial charge in [0.1, 0.15) is 5.76 Å². The molecule has 0 saturated carbocycles. The van der Waals surface area contributed by atoms with Gasteiger partial charge in [0.25, 0.3) is 0 Å². The predicted molar refractivity (Wildman–Crippen MR) is 76.8 cm³/mol. The minimum Gasteiger partial charge on any atom is -0.475 e. The van der Waals surface area contributed by atoms with Crippen molar-refractivity contribution in [3.63, 3.8) is 0 Å². The van der Waals surface area contributed by atoms with Gasteiger partial charge in [-0.1, -0.05) is 29.8 Å². The third-order valence-electron chi connectivity index (χ3n) is 3.32. The molecule has 0 aliphatic carbocycles. The van der Waals surface area contributed by atoms with Crippen molar-refractivity contribution in [3.05, 3.63) is 58.5 Å². The predicted octanol–water partition coefficient (Wildman–Crippen LogP) is 3.45. The summed E-state index contributed by atoms with van der Waals surface area (Å²) in [5.74, 6) is -0.371. The van der Waals surface area contributed by atoms with Crippen molar-refractivity contribution in [2.75, 3.05) is 0 Å². The van der Waals surface area contributed by atoms with E-state index in [0.717, 1.165) is 0 Å². The van der Waals surface area contributed by atoms with Crippen LogP contribution >= 0.6 is 0 Å². The fourth-order valence-corrected chi connectivity index (χ4v) is 2.07. The molecule has 4 nitrogen and oxygen atoms in total. The first-order valence-electron chi connectivity index (χ1n) is 6.60. The molecule has 0 aliphatic heterocycles. The van der Waals surface area contributed by atoms with E-state index in [-0.39, 0.29) is 11.8 Å². The number of hydrogen-bond acceptors (Lipinski definition) is 3. The average Bonchev–Trinajstić information content (AvgIpc) is 2.78. The van der Waals surface area contributed by atoms with E-state index >= 15 is 0 Å². The third-order valence-corrected chi connectivity index (χ3v) is 3.32. The lowest BCUT2D eigenvalue weighted by Gasteiger charge is -2.13. The molecule has 0 bridgehead atoms. The highest BCUT2D eigenvalue weighted by atomic mass is 16.4. The number of furan rings is 1. The van der Waals surface area contributed by atoms with Crippen LogP contribution < -0.4 is 5.32 Å². The number of carboxylic acids is 1. The van der Waals surface area contributed by atoms with Crippen molar-refractivity contribution in [1.29, 1.82) is 0 Å². The summed E-state index contributed by atoms with van der Waals surface area (Å²) in [5, 5.41) is 12.3. The summed E-state index contributed by atoms with van der Waals surface area (Å²) in [5.41, 5.74) is 3.07. The minimum atomic E-state index is -1.03. The van der Waals surface area contributed by atoms with Crippen LogP contribution in [-0.4, -0.2) is 11.1 Å². The Labute approximate surface area is 118 Å². The van der Waals surface area contributed by atoms with Gasteiger partial charge in [-0.25, -0.2) is 4.79 Å². The number of benzene rings is 1. The van der Waals surface area contributed by atoms with Crippen molar-refractivity contribution >= 4 is 5.97 Å². The standard InChI is InChI=1S/C16H19NO3/c1-10-4-6-13(7-5-10)12(3)17-9-14-8-11(2)15(20-14)16(18)19/h4-8,12,17H,9H2,1-3H3,(H,18,19). The molecule has 20 heavy (non-hydrogen) atoms. The average molecular weight is 273 g/mol. The summed E-state index contributed by atoms with van der Waals surface area (Å²) in [6.45, 7) is 6.36. The van der Waals surface area contributed by atoms with Gasteiger partial charge >= 0.3 is 5.97 Å². The molecule has 1 heterocycles. The molecule has 4 heteroatoms. The van der Waals surface area contributed by atoms with Crippen LogP contribution in [0.15, 0.2) is 34.7 Å². The molecular weight excluding hydrogens is 254 g/mol. The van der Waals surface area contributed by atoms with Crippen molar-refractivity contribution in [2.45, 2.75) is 33.4 Å². The lowest BCUT2D eigenvalue weighted by molar-refractivity contribution is 0.0659. The van der Waals surface area contributed by atoms with Crippen LogP contribution in [0.4, 0.5) is 0 Å². The quantitative estimate of drug-likeness (QED) is 0.876. The third kappa shape index (κ3) is 3.27. The number of aryl methyl sites for hydroxylation is 2. The zero-order valence-corrected chi connectivity index (χ0v) is 11.9. The molecule has 2 aromatic rings. The molecule has 106 valence electrons. The van der Waals surface area contributed by atoms with Gasteiger partial charge in [-0.3, -0.25) is 0 Å². The zero-order chi connectivity index (χ0) is 14.7. The monoisotopic (exact) mass is 273 g/mol. The van der Waals surface area contributed by atoms with Gasteiger partial charge in [-0.05, 0) is 32.4 Å². The van der Waals surface area contributed by atoms with Crippen molar-refractivity contribution in [2.24, 2.45) is 0 Å². The van der Waals surface area contributed by atoms with Crippen LogP contribution in [-0.2, 0) is 6.54 Å². The van der Waals surface area contributed by atoms with E-state index in [0.29, 0.717) is 17.9 Å². The van der Waals surface area contributed by atoms with Gasteiger partial charge in [0.05, 0.1) is 6.54 Å². The molecule has 0 amide bonds. The fourth-order valence-electron chi connectivity index (χ4n) is 2.07. The Morgan fingerprint density at radius 3 is 2.50 bits per heavy atom. The molecule has 0 radical (unpaired) electrons. The smallest absolute Gasteiger partial charge is 0.372 e. The van der Waals surface area contributed by atoms with Crippen LogP contribution in [0.25, 0.3) is 0 Å². The van der Waals surface area contributed by atoms with Gasteiger partial charge < -0.3 is 14.8 Å². The Balaban J connectivity index is 1.99. The maximum absolute atomic E-state index is 10.9. The van der Waals surface area contributed by atoms with E-state index < -0.39 is 5.97 Å². The summed E-state index contributed by atoms with van der Waals surface area (Å²) < 4.78 is 5.32. The van der Waals surface area contributed by atoms with Crippen LogP contribution in [0.2, 0.25) is 0 Å². The lowest BCUT2D eigenvalue weighted by atomic mass is 10.1. The molecule has 1 unspecified atom stereocenters. The Kier molecular flexibility index (Phi) is 4.25. The molecule has 2 rings (SSSR count). The van der Waals surface area contributed by atoms with Crippen molar-refractivity contribution in [1.82, 2.24) is 5.32 Å². The van der Waals surface area contributed by atoms with Crippen LogP contribution in [0.5, 0.6) is 0 Å². The van der Waals surface area contributed by atoms with Gasteiger partial charge in [-0.15, -0.1) is 0 Å². The molecule has 1 atom stereocenters. The van der Waals surface area contributed by atoms with E-state index in [9.17, 15) is 4.79 Å². The number of nitrogens with one attached hydrogen (secondary N) is 1. The summed E-state index contributed by atoms with van der Waals surface area (Å²) >= 11 is 0. The van der Waals surface area contributed by atoms with Crippen molar-refractivity contribution < 1.29 is 14.3 Å². The van der Waals surface area contributed by atoms with Gasteiger partial charge in [0.15, 0.2) is 0 Å². The molecule has 1 aromatic heterocycles. The number of aromatic carboxylic acids is 1. The van der Waals surface area contributed by atoms with Gasteiger partial charge in [0, 0.05) is 11.6 Å². The first-order chi connectivity index (χ1) is 9.47. The second-order valence-corrected chi connectivity index (χ2v) is 5.04. The number of carboxylic acid groups (broad SMARTS) is 1. The second-order valence-electron chi connectivity index (χ2n) is 5.04. The van der Waals surface area contributed by atoms with Crippen LogP contribution in [0.3, 0.4) is 0 Å². The van der Waals surface area contributed by atoms with E-state index in [1.54, 1.807) is 13.0 Å². The Morgan fingerprint density at radius 1 is 1.30 bits per heavy atom. The Morgan fingerprint density at radius 2 is 1.95 bits per heavy atom. The first kappa shape index (κ1) is 14.3. The molecule has 2 N–H and O–H groups in total. The number of carbonyl (C=O) groups is 1. The topological polar surface area (TPSA) is 62.5 Å². The van der Waals surface area contributed by atoms with E-state index in [2.05, 4.69) is 43.4 Å². The molecular formula is C16H19NO3. The van der Waals surface area contributed by atoms with Crippen molar-refractivity contribution in [3.8, 4) is 0 Å². The minimum absolute atomic E-state index is 0.0183. The van der Waals surface area contributed by atoms with E-state index in [1.807, 2.05) is 0 Å². The molecule has 0 fully saturated rings. The summed E-state index contributed by atoms with van der Waals surface area (Å²) in [4.78, 5) is 10.9. The summed E-state index contributed by atoms with van der Waals surface area (Å²) in [6.07, 6.45) is 0. The molecule has 0 spiro atoms. The molecule has 0 aliphatic rings. The summed E-state index contributed by atoms with van der Waals surface area (Å²) in [6, 6.07) is 10.3. The largest absolute Gasteiger partial charge is 0.475 e. The Hall–Kier alpha value is -2.07. The van der Waals surface area contributed by atoms with Gasteiger partial charge in [0.2, 0.25) is 5.76 Å². The number of rotatable bonds is 5. The van der Waals surface area contributed by atoms with Gasteiger partial charge in [-0.2, -0.15) is 0 Å². The second kappa shape index (κ2) is 5.92. The highest BCUT2D eigenvalue weighted by molar-refractivity contribution is 5.86. The van der Waals surface area contributed by atoms with Crippen LogP contribution in [0.1, 0.15) is 46.0 Å². The molecule has 0 saturated heterocycles. The maximum Gasteiger partial charge on any atom is 0.372 e. The Bertz CT molecular complexity index is 599. The fraction of sp³-hybridized carbons (Fsp3) is 0.312. The first-order valence-corrected chi connectivity index (χ1v) is 6.60. The maximum atomic E-state index is 10.9. The lowest BCUT2D eigenvalue weighted by Crippen LogP contribution is -2.17. The van der Waals surface area contributed by atoms with Crippen LogP contribution in [0, 0.1) is 13.8 Å². The highest BCUT2D eigenvalue weighted by Gasteiger charge is 2.14.